The summed E-state index contributed by atoms with van der Waals surface area (Å²) in [7, 11) is 0. The first-order chi connectivity index (χ1) is 13.3. The Hall–Kier alpha value is 0.200. The minimum absolute atomic E-state index is 0. The van der Waals surface area contributed by atoms with Crippen LogP contribution in [0.4, 0.5) is 0 Å². The summed E-state index contributed by atoms with van der Waals surface area (Å²) < 4.78 is 5.80. The summed E-state index contributed by atoms with van der Waals surface area (Å²) in [5, 5.41) is 35.1. The summed E-state index contributed by atoms with van der Waals surface area (Å²) in [5.74, 6) is 0.427. The van der Waals surface area contributed by atoms with Gasteiger partial charge in [0.1, 0.15) is 29.9 Å². The Labute approximate surface area is 189 Å². The van der Waals surface area contributed by atoms with Crippen LogP contribution in [0.2, 0.25) is 0 Å². The van der Waals surface area contributed by atoms with Crippen LogP contribution >= 0.6 is 23.4 Å². The lowest BCUT2D eigenvalue weighted by molar-refractivity contribution is -0.659. The van der Waals surface area contributed by atoms with Crippen molar-refractivity contribution in [3.63, 3.8) is 0 Å². The number of quaternary nitrogens is 1. The molecule has 0 aromatic carbocycles. The van der Waals surface area contributed by atoms with Gasteiger partial charge in [-0.15, -0.1) is 23.4 Å². The highest BCUT2D eigenvalue weighted by Gasteiger charge is 2.48. The molecule has 0 aromatic rings. The molecule has 9 atom stereocenters. The Morgan fingerprint density at radius 3 is 2.55 bits per heavy atom. The zero-order chi connectivity index (χ0) is 20.8. The van der Waals surface area contributed by atoms with E-state index in [9.17, 15) is 20.1 Å². The molecule has 0 bridgehead atoms. The molecule has 2 aliphatic heterocycles. The van der Waals surface area contributed by atoms with Crippen molar-refractivity contribution in [2.45, 2.75) is 93.3 Å². The molecule has 2 rings (SSSR count). The maximum Gasteiger partial charge on any atom is 0.278 e. The summed E-state index contributed by atoms with van der Waals surface area (Å²) in [4.78, 5) is 12.8. The van der Waals surface area contributed by atoms with E-state index in [0.29, 0.717) is 5.92 Å². The maximum atomic E-state index is 12.8. The number of aliphatic hydroxyl groups is 3. The van der Waals surface area contributed by atoms with E-state index in [1.54, 1.807) is 13.2 Å². The van der Waals surface area contributed by atoms with Crippen LogP contribution < -0.4 is 23.0 Å². The van der Waals surface area contributed by atoms with Gasteiger partial charge in [0.25, 0.3) is 5.91 Å². The highest BCUT2D eigenvalue weighted by atomic mass is 35.5. The van der Waals surface area contributed by atoms with E-state index < -0.39 is 41.3 Å². The number of carbonyl (C=O) groups is 1. The molecule has 0 saturated carbocycles. The third-order valence-corrected chi connectivity index (χ3v) is 7.02. The molecule has 172 valence electrons. The molecule has 5 unspecified atom stereocenters. The first-order valence-corrected chi connectivity index (χ1v) is 12.0. The second kappa shape index (κ2) is 12.9. The average molecular weight is 475 g/mol. The lowest BCUT2D eigenvalue weighted by atomic mass is 9.92. The molecule has 2 aliphatic rings. The van der Waals surface area contributed by atoms with Crippen LogP contribution in [0.25, 0.3) is 0 Å². The average Bonchev–Trinajstić information content (AvgIpc) is 3.14. The molecule has 6 N–H and O–H groups in total. The van der Waals surface area contributed by atoms with Gasteiger partial charge in [-0.05, 0) is 19.6 Å². The van der Waals surface area contributed by atoms with Gasteiger partial charge in [0.05, 0.1) is 18.0 Å². The number of aliphatic hydroxyl groups excluding tert-OH is 3. The second-order valence-electron chi connectivity index (χ2n) is 8.06. The first-order valence-electron chi connectivity index (χ1n) is 10.3. The summed E-state index contributed by atoms with van der Waals surface area (Å²) in [6, 6.07) is -0.842. The van der Waals surface area contributed by atoms with E-state index in [-0.39, 0.29) is 24.4 Å². The lowest BCUT2D eigenvalue weighted by Gasteiger charge is -2.43. The Kier molecular flexibility index (Phi) is 12.1. The topological polar surface area (TPSA) is 116 Å². The van der Waals surface area contributed by atoms with E-state index in [1.807, 2.05) is 0 Å². The van der Waals surface area contributed by atoms with Crippen molar-refractivity contribution in [3.05, 3.63) is 0 Å². The normalized spacial score (nSPS) is 36.9. The SMILES string of the molecule is CCCCCC1C[NH2+][C@@H](C(=O)NC(C2O[C@H](SC)C(O)C(O)[C@H]2O)[C@H](C)Cl)C1.[Cl-]. The molecule has 0 aliphatic carbocycles. The third-order valence-electron chi connectivity index (χ3n) is 5.89. The molecule has 1 amide bonds. The number of ether oxygens (including phenoxy) is 1. The number of amides is 1. The molecular formula is C19H36Cl2N2O5S. The molecule has 2 fully saturated rings. The zero-order valence-electron chi connectivity index (χ0n) is 17.3. The van der Waals surface area contributed by atoms with Gasteiger partial charge in [0.15, 0.2) is 6.04 Å². The predicted octanol–water partition coefficient (Wildman–Crippen LogP) is -3.19. The number of alkyl halides is 1. The molecule has 29 heavy (non-hydrogen) atoms. The monoisotopic (exact) mass is 474 g/mol. The van der Waals surface area contributed by atoms with Crippen LogP contribution in [0.5, 0.6) is 0 Å². The quantitative estimate of drug-likeness (QED) is 0.177. The number of hydrogen-bond acceptors (Lipinski definition) is 6. The standard InChI is InChI=1S/C19H35ClN2O5S.ClH/c1-4-5-6-7-11-8-12(21-9-11)18(26)22-13(10(2)20)17-15(24)14(23)16(25)19(27-17)28-3;/h10-17,19,21,23-25H,4-9H2,1-3H3,(H,22,26);1H/t10-,11?,12+,13?,14?,15+,16?,17?,19+;/m0./s1. The van der Waals surface area contributed by atoms with E-state index in [4.69, 9.17) is 16.3 Å². The number of carbonyl (C=O) groups excluding carboxylic acids is 1. The second-order valence-corrected chi connectivity index (χ2v) is 9.69. The fourth-order valence-corrected chi connectivity index (χ4v) is 5.02. The Bertz CT molecular complexity index is 503. The van der Waals surface area contributed by atoms with Crippen molar-refractivity contribution in [1.29, 1.82) is 0 Å². The third kappa shape index (κ3) is 7.10. The molecule has 2 heterocycles. The predicted molar refractivity (Wildman–Crippen MR) is 110 cm³/mol. The molecular weight excluding hydrogens is 439 g/mol. The number of thioether (sulfide) groups is 1. The van der Waals surface area contributed by atoms with Crippen LogP contribution in [0.15, 0.2) is 0 Å². The Balaban J connectivity index is 0.00000420. The number of rotatable bonds is 9. The van der Waals surface area contributed by atoms with E-state index >= 15 is 0 Å². The fourth-order valence-electron chi connectivity index (χ4n) is 4.14. The van der Waals surface area contributed by atoms with Crippen molar-refractivity contribution in [1.82, 2.24) is 5.32 Å². The molecule has 7 nitrogen and oxygen atoms in total. The number of unbranched alkanes of at least 4 members (excludes halogenated alkanes) is 2. The van der Waals surface area contributed by atoms with Crippen LogP contribution in [0.3, 0.4) is 0 Å². The number of nitrogens with two attached hydrogens (primary N) is 1. The van der Waals surface area contributed by atoms with Gasteiger partial charge in [-0.3, -0.25) is 4.79 Å². The summed E-state index contributed by atoms with van der Waals surface area (Å²) in [5.41, 5.74) is -0.695. The number of halogens is 2. The summed E-state index contributed by atoms with van der Waals surface area (Å²) in [6.45, 7) is 4.86. The largest absolute Gasteiger partial charge is 1.00 e. The van der Waals surface area contributed by atoms with Gasteiger partial charge in [-0.25, -0.2) is 0 Å². The van der Waals surface area contributed by atoms with Crippen LogP contribution in [-0.2, 0) is 9.53 Å². The van der Waals surface area contributed by atoms with Crippen molar-refractivity contribution in [3.8, 4) is 0 Å². The summed E-state index contributed by atoms with van der Waals surface area (Å²) >= 11 is 7.56. The van der Waals surface area contributed by atoms with Gasteiger partial charge in [0, 0.05) is 12.3 Å². The first kappa shape index (κ1) is 27.2. The van der Waals surface area contributed by atoms with E-state index in [1.165, 1.54) is 31.0 Å². The van der Waals surface area contributed by atoms with E-state index in [0.717, 1.165) is 19.4 Å². The minimum Gasteiger partial charge on any atom is -1.00 e. The molecule has 10 heteroatoms. The minimum atomic E-state index is -1.35. The van der Waals surface area contributed by atoms with Crippen LogP contribution in [-0.4, -0.2) is 81.3 Å². The maximum absolute atomic E-state index is 12.8. The number of nitrogens with one attached hydrogen (secondary N) is 1. The molecule has 0 spiro atoms. The molecule has 2 saturated heterocycles. The van der Waals surface area contributed by atoms with Crippen LogP contribution in [0, 0.1) is 5.92 Å². The van der Waals surface area contributed by atoms with Gasteiger partial charge in [0.2, 0.25) is 0 Å². The highest BCUT2D eigenvalue weighted by Crippen LogP contribution is 2.30. The van der Waals surface area contributed by atoms with Gasteiger partial charge >= 0.3 is 0 Å². The Morgan fingerprint density at radius 2 is 1.97 bits per heavy atom. The van der Waals surface area contributed by atoms with Crippen molar-refractivity contribution in [2.24, 2.45) is 5.92 Å². The summed E-state index contributed by atoms with van der Waals surface area (Å²) in [6.07, 6.45) is 2.56. The number of hydrogen-bond donors (Lipinski definition) is 5. The lowest BCUT2D eigenvalue weighted by Crippen LogP contribution is -3.00. The van der Waals surface area contributed by atoms with E-state index in [2.05, 4.69) is 17.6 Å². The zero-order valence-corrected chi connectivity index (χ0v) is 19.7. The smallest absolute Gasteiger partial charge is 0.278 e. The fraction of sp³-hybridized carbons (Fsp3) is 0.947. The highest BCUT2D eigenvalue weighted by molar-refractivity contribution is 7.99. The molecule has 0 aromatic heterocycles. The van der Waals surface area contributed by atoms with Crippen molar-refractivity contribution < 1.29 is 42.6 Å². The van der Waals surface area contributed by atoms with Crippen LogP contribution in [0.1, 0.15) is 46.0 Å². The molecule has 0 radical (unpaired) electrons. The van der Waals surface area contributed by atoms with Crippen molar-refractivity contribution >= 4 is 29.3 Å². The van der Waals surface area contributed by atoms with Gasteiger partial charge in [-0.2, -0.15) is 0 Å². The Morgan fingerprint density at radius 1 is 1.28 bits per heavy atom. The van der Waals surface area contributed by atoms with Gasteiger partial charge < -0.3 is 43.1 Å². The van der Waals surface area contributed by atoms with Gasteiger partial charge in [-0.1, -0.05) is 26.2 Å². The van der Waals surface area contributed by atoms with Crippen molar-refractivity contribution in [2.75, 3.05) is 12.8 Å².